The molecule has 0 bridgehead atoms. The molecule has 0 heterocycles. The van der Waals surface area contributed by atoms with Gasteiger partial charge < -0.3 is 0 Å². The molecule has 0 aliphatic carbocycles. The average Bonchev–Trinajstić information content (AvgIpc) is 2.52. The van der Waals surface area contributed by atoms with E-state index in [2.05, 4.69) is 72.8 Å². The van der Waals surface area contributed by atoms with Crippen LogP contribution in [0.2, 0.25) is 0 Å². The van der Waals surface area contributed by atoms with Crippen molar-refractivity contribution in [1.29, 1.82) is 0 Å². The molecule has 0 aromatic heterocycles. The van der Waals surface area contributed by atoms with Gasteiger partial charge in [-0.05, 0) is 43.1 Å². The van der Waals surface area contributed by atoms with Gasteiger partial charge >= 0.3 is 18.9 Å². The van der Waals surface area contributed by atoms with Crippen LogP contribution in [0, 0.1) is 0 Å². The second-order valence-corrected chi connectivity index (χ2v) is 5.42. The minimum Gasteiger partial charge on any atom is -0.0610 e. The van der Waals surface area contributed by atoms with E-state index in [0.717, 1.165) is 0 Å². The molecular weight excluding hydrogens is 247 g/mol. The molecule has 0 saturated carbocycles. The van der Waals surface area contributed by atoms with Gasteiger partial charge in [0.1, 0.15) is 0 Å². The monoisotopic (exact) mass is 260 g/mol. The maximum absolute atomic E-state index is 2.25. The molecule has 0 amide bonds. The molecule has 0 N–H and O–H groups in total. The minimum absolute atomic E-state index is 0. The molecule has 21 heavy (non-hydrogen) atoms. The van der Waals surface area contributed by atoms with Gasteiger partial charge in [0.25, 0.3) is 0 Å². The van der Waals surface area contributed by atoms with Gasteiger partial charge in [0.2, 0.25) is 0 Å². The molecule has 5 rings (SSSR count). The quantitative estimate of drug-likeness (QED) is 0.207. The Morgan fingerprint density at radius 2 is 0.667 bits per heavy atom. The Morgan fingerprint density at radius 3 is 0.952 bits per heavy atom. The van der Waals surface area contributed by atoms with Crippen molar-refractivity contribution in [2.45, 2.75) is 0 Å². The van der Waals surface area contributed by atoms with Gasteiger partial charge in [0.15, 0.2) is 0 Å². The number of hydrogen-bond acceptors (Lipinski definition) is 0. The molecule has 0 atom stereocenters. The largest absolute Gasteiger partial charge is 0.0610 e. The van der Waals surface area contributed by atoms with Crippen molar-refractivity contribution in [2.24, 2.45) is 0 Å². The van der Waals surface area contributed by atoms with Crippen LogP contribution in [0.1, 0.15) is 0 Å². The van der Waals surface area contributed by atoms with Crippen molar-refractivity contribution in [3.8, 4) is 0 Å². The third-order valence-corrected chi connectivity index (χ3v) is 4.39. The van der Waals surface area contributed by atoms with Gasteiger partial charge in [-0.1, -0.05) is 72.8 Å². The maximum atomic E-state index is 2.25. The number of hydrogen-bond donors (Lipinski definition) is 0. The summed E-state index contributed by atoms with van der Waals surface area (Å²) < 4.78 is 0. The van der Waals surface area contributed by atoms with Gasteiger partial charge in [0, 0.05) is 0 Å². The third-order valence-electron chi connectivity index (χ3n) is 4.39. The van der Waals surface area contributed by atoms with E-state index < -0.39 is 0 Å². The van der Waals surface area contributed by atoms with Gasteiger partial charge in [-0.2, -0.15) is 0 Å². The van der Waals surface area contributed by atoms with E-state index >= 15 is 0 Å². The molecule has 0 aliphatic rings. The zero-order chi connectivity index (χ0) is 13.1. The third kappa shape index (κ3) is 1.58. The molecule has 0 fully saturated rings. The van der Waals surface area contributed by atoms with Crippen LogP contribution in [-0.4, -0.2) is 18.9 Å². The Hall–Kier alpha value is -2.00. The predicted molar refractivity (Wildman–Crippen MR) is 94.8 cm³/mol. The summed E-state index contributed by atoms with van der Waals surface area (Å²) in [6.07, 6.45) is 0. The first-order valence-electron chi connectivity index (χ1n) is 6.98. The molecule has 1 heteroatoms. The Bertz CT molecular complexity index is 923. The molecule has 94 valence electrons. The van der Waals surface area contributed by atoms with Crippen LogP contribution in [-0.2, 0) is 0 Å². The number of rotatable bonds is 0. The van der Waals surface area contributed by atoms with Crippen molar-refractivity contribution >= 4 is 62.0 Å². The molecule has 0 radical (unpaired) electrons. The molecule has 0 spiro atoms. The Labute approximate surface area is 134 Å². The van der Waals surface area contributed by atoms with Crippen molar-refractivity contribution < 1.29 is 0 Å². The first-order chi connectivity index (χ1) is 9.93. The maximum Gasteiger partial charge on any atom is -0.00264 e. The summed E-state index contributed by atoms with van der Waals surface area (Å²) in [6.45, 7) is 0. The second-order valence-electron chi connectivity index (χ2n) is 5.42. The fourth-order valence-electron chi connectivity index (χ4n) is 3.58. The van der Waals surface area contributed by atoms with E-state index in [9.17, 15) is 0 Å². The average molecular weight is 260 g/mol. The van der Waals surface area contributed by atoms with Crippen LogP contribution in [0.4, 0.5) is 0 Å². The van der Waals surface area contributed by atoms with E-state index in [0.29, 0.717) is 0 Å². The van der Waals surface area contributed by atoms with Crippen LogP contribution < -0.4 is 0 Å². The molecule has 0 unspecified atom stereocenters. The van der Waals surface area contributed by atoms with Crippen LogP contribution in [0.25, 0.3) is 43.1 Å². The number of fused-ring (bicyclic) bond motifs is 2. The summed E-state index contributed by atoms with van der Waals surface area (Å²) in [7, 11) is 0. The van der Waals surface area contributed by atoms with E-state index in [4.69, 9.17) is 0 Å². The molecule has 0 nitrogen and oxygen atoms in total. The van der Waals surface area contributed by atoms with Gasteiger partial charge in [0.05, 0.1) is 0 Å². The Balaban J connectivity index is 0.00000115. The predicted octanol–water partition coefficient (Wildman–Crippen LogP) is 5.09. The standard InChI is InChI=1S/C20H12.Li.H/c1-5-13-6-2-11-17-18-12-4-8-14-7-3-10-16(20(14)18)15(9-1)19(13)17;;/h1-12H;;. The molecular formula is C20H13Li. The minimum atomic E-state index is 0. The zero-order valence-electron chi connectivity index (χ0n) is 10.9. The van der Waals surface area contributed by atoms with E-state index in [1.165, 1.54) is 43.1 Å². The summed E-state index contributed by atoms with van der Waals surface area (Å²) in [5.74, 6) is 0. The molecule has 0 aliphatic heterocycles. The summed E-state index contributed by atoms with van der Waals surface area (Å²) in [4.78, 5) is 0. The first-order valence-corrected chi connectivity index (χ1v) is 6.98. The van der Waals surface area contributed by atoms with E-state index in [-0.39, 0.29) is 18.9 Å². The first kappa shape index (κ1) is 12.7. The molecule has 0 saturated heterocycles. The fourth-order valence-corrected chi connectivity index (χ4v) is 3.58. The topological polar surface area (TPSA) is 0 Å². The van der Waals surface area contributed by atoms with Crippen molar-refractivity contribution in [3.63, 3.8) is 0 Å². The normalized spacial score (nSPS) is 11.4. The number of benzene rings is 5. The second kappa shape index (κ2) is 4.50. The summed E-state index contributed by atoms with van der Waals surface area (Å²) in [5.41, 5.74) is 0. The van der Waals surface area contributed by atoms with Crippen LogP contribution in [0.15, 0.2) is 72.8 Å². The van der Waals surface area contributed by atoms with Crippen LogP contribution in [0.5, 0.6) is 0 Å². The van der Waals surface area contributed by atoms with Crippen molar-refractivity contribution in [2.75, 3.05) is 0 Å². The van der Waals surface area contributed by atoms with Gasteiger partial charge in [-0.15, -0.1) is 0 Å². The summed E-state index contributed by atoms with van der Waals surface area (Å²) in [6, 6.07) is 26.4. The smallest absolute Gasteiger partial charge is 0.00264 e. The van der Waals surface area contributed by atoms with Crippen molar-refractivity contribution in [1.82, 2.24) is 0 Å². The van der Waals surface area contributed by atoms with Crippen LogP contribution >= 0.6 is 0 Å². The Morgan fingerprint density at radius 1 is 0.381 bits per heavy atom. The molecule has 5 aromatic rings. The SMILES string of the molecule is [LiH].c1cc2cccc3c4cccc5cccc(c(c1)c23)c54. The van der Waals surface area contributed by atoms with Gasteiger partial charge in [-0.25, -0.2) is 0 Å². The van der Waals surface area contributed by atoms with Gasteiger partial charge in [-0.3, -0.25) is 0 Å². The van der Waals surface area contributed by atoms with Crippen LogP contribution in [0.3, 0.4) is 0 Å². The van der Waals surface area contributed by atoms with E-state index in [1.807, 2.05) is 0 Å². The summed E-state index contributed by atoms with van der Waals surface area (Å²) >= 11 is 0. The zero-order valence-corrected chi connectivity index (χ0v) is 10.9. The summed E-state index contributed by atoms with van der Waals surface area (Å²) in [5, 5.41) is 10.9. The van der Waals surface area contributed by atoms with Crippen molar-refractivity contribution in [3.05, 3.63) is 72.8 Å². The fraction of sp³-hybridized carbons (Fsp3) is 0. The molecule has 5 aromatic carbocycles. The van der Waals surface area contributed by atoms with E-state index in [1.54, 1.807) is 0 Å². The Kier molecular flexibility index (Phi) is 2.72.